The summed E-state index contributed by atoms with van der Waals surface area (Å²) in [5, 5.41) is -0.137. The first kappa shape index (κ1) is 11.5. The molecule has 0 heterocycles. The van der Waals surface area contributed by atoms with Gasteiger partial charge in [0.05, 0.1) is 10.6 Å². The van der Waals surface area contributed by atoms with Gasteiger partial charge in [0.15, 0.2) is 6.29 Å². The average Bonchev–Trinajstić information content (AvgIpc) is 2.07. The minimum Gasteiger partial charge on any atom is -0.298 e. The van der Waals surface area contributed by atoms with Gasteiger partial charge >= 0.3 is 6.18 Å². The maximum atomic E-state index is 12.2. The lowest BCUT2D eigenvalue weighted by atomic mass is 10.1. The van der Waals surface area contributed by atoms with Crippen LogP contribution in [-0.4, -0.2) is 6.29 Å². The summed E-state index contributed by atoms with van der Waals surface area (Å²) in [6, 6.07) is 1.50. The molecule has 0 saturated heterocycles. The molecule has 14 heavy (non-hydrogen) atoms. The smallest absolute Gasteiger partial charge is 0.298 e. The quantitative estimate of drug-likeness (QED) is 0.715. The van der Waals surface area contributed by atoms with Crippen molar-refractivity contribution >= 4 is 33.8 Å². The van der Waals surface area contributed by atoms with E-state index in [1.54, 1.807) is 0 Å². The van der Waals surface area contributed by atoms with Gasteiger partial charge in [0.1, 0.15) is 0 Å². The third-order valence-electron chi connectivity index (χ3n) is 1.51. The molecular weight excluding hydrogens is 284 g/mol. The summed E-state index contributed by atoms with van der Waals surface area (Å²) in [5.74, 6) is 0. The topological polar surface area (TPSA) is 17.1 Å². The van der Waals surface area contributed by atoms with E-state index in [2.05, 4.69) is 15.9 Å². The maximum absolute atomic E-state index is 12.2. The fourth-order valence-electron chi connectivity index (χ4n) is 0.860. The number of benzene rings is 1. The number of halogens is 5. The van der Waals surface area contributed by atoms with Gasteiger partial charge in [-0.1, -0.05) is 11.6 Å². The van der Waals surface area contributed by atoms with Crippen LogP contribution in [0, 0.1) is 0 Å². The monoisotopic (exact) mass is 286 g/mol. The number of alkyl halides is 3. The van der Waals surface area contributed by atoms with Gasteiger partial charge in [-0.25, -0.2) is 0 Å². The first-order valence-corrected chi connectivity index (χ1v) is 4.54. The molecular formula is C8H3BrClF3O. The van der Waals surface area contributed by atoms with Crippen LogP contribution in [0.4, 0.5) is 13.2 Å². The number of rotatable bonds is 1. The van der Waals surface area contributed by atoms with Crippen LogP contribution in [0.25, 0.3) is 0 Å². The van der Waals surface area contributed by atoms with Gasteiger partial charge in [0.2, 0.25) is 0 Å². The first-order chi connectivity index (χ1) is 6.36. The van der Waals surface area contributed by atoms with Crippen LogP contribution in [0.15, 0.2) is 16.6 Å². The Hall–Kier alpha value is -0.550. The second kappa shape index (κ2) is 3.90. The van der Waals surface area contributed by atoms with Crippen LogP contribution >= 0.6 is 27.5 Å². The molecule has 0 amide bonds. The lowest BCUT2D eigenvalue weighted by Crippen LogP contribution is -2.05. The van der Waals surface area contributed by atoms with Crippen molar-refractivity contribution in [2.24, 2.45) is 0 Å². The predicted molar refractivity (Wildman–Crippen MR) is 49.5 cm³/mol. The third kappa shape index (κ3) is 2.27. The standard InChI is InChI=1S/C8H3BrClF3O/c9-7-4(3-14)1-5(2-6(7)10)8(11,12)13/h1-3H. The zero-order valence-electron chi connectivity index (χ0n) is 6.53. The summed E-state index contributed by atoms with van der Waals surface area (Å²) in [6.07, 6.45) is -4.19. The fraction of sp³-hybridized carbons (Fsp3) is 0.125. The largest absolute Gasteiger partial charge is 0.416 e. The highest BCUT2D eigenvalue weighted by molar-refractivity contribution is 9.10. The number of carbonyl (C=O) groups excluding carboxylic acids is 1. The van der Waals surface area contributed by atoms with Crippen molar-refractivity contribution in [3.05, 3.63) is 32.8 Å². The molecule has 6 heteroatoms. The molecule has 0 unspecified atom stereocenters. The number of hydrogen-bond donors (Lipinski definition) is 0. The minimum absolute atomic E-state index is 0.121. The average molecular weight is 287 g/mol. The lowest BCUT2D eigenvalue weighted by Gasteiger charge is -2.09. The van der Waals surface area contributed by atoms with Crippen LogP contribution in [0.2, 0.25) is 5.02 Å². The molecule has 0 N–H and O–H groups in total. The molecule has 0 aliphatic carbocycles. The van der Waals surface area contributed by atoms with Crippen molar-refractivity contribution in [3.8, 4) is 0 Å². The minimum atomic E-state index is -4.50. The van der Waals surface area contributed by atoms with Gasteiger partial charge in [-0.15, -0.1) is 0 Å². The van der Waals surface area contributed by atoms with E-state index in [1.807, 2.05) is 0 Å². The summed E-state index contributed by atoms with van der Waals surface area (Å²) in [4.78, 5) is 10.4. The zero-order valence-corrected chi connectivity index (χ0v) is 8.87. The molecule has 0 atom stereocenters. The molecule has 1 rings (SSSR count). The molecule has 76 valence electrons. The van der Waals surface area contributed by atoms with E-state index in [0.29, 0.717) is 6.29 Å². The Labute approximate surface area is 91.0 Å². The molecule has 0 aromatic heterocycles. The Morgan fingerprint density at radius 2 is 1.93 bits per heavy atom. The van der Waals surface area contributed by atoms with Crippen molar-refractivity contribution in [2.75, 3.05) is 0 Å². The van der Waals surface area contributed by atoms with Crippen LogP contribution in [0.5, 0.6) is 0 Å². The molecule has 0 aliphatic heterocycles. The molecule has 0 aliphatic rings. The van der Waals surface area contributed by atoms with Gasteiger partial charge < -0.3 is 0 Å². The first-order valence-electron chi connectivity index (χ1n) is 3.37. The number of hydrogen-bond acceptors (Lipinski definition) is 1. The van der Waals surface area contributed by atoms with Crippen molar-refractivity contribution in [3.63, 3.8) is 0 Å². The highest BCUT2D eigenvalue weighted by atomic mass is 79.9. The highest BCUT2D eigenvalue weighted by Gasteiger charge is 2.31. The van der Waals surface area contributed by atoms with Gasteiger partial charge in [0.25, 0.3) is 0 Å². The van der Waals surface area contributed by atoms with E-state index < -0.39 is 11.7 Å². The normalized spacial score (nSPS) is 11.5. The van der Waals surface area contributed by atoms with Crippen LogP contribution in [0.3, 0.4) is 0 Å². The van der Waals surface area contributed by atoms with Crippen molar-refractivity contribution < 1.29 is 18.0 Å². The predicted octanol–water partition coefficient (Wildman–Crippen LogP) is 3.93. The summed E-state index contributed by atoms with van der Waals surface area (Å²) in [6.45, 7) is 0. The second-order valence-corrected chi connectivity index (χ2v) is 3.68. The Morgan fingerprint density at radius 1 is 1.36 bits per heavy atom. The van der Waals surface area contributed by atoms with E-state index in [0.717, 1.165) is 12.1 Å². The molecule has 0 bridgehead atoms. The Balaban J connectivity index is 3.37. The Kier molecular flexibility index (Phi) is 3.21. The van der Waals surface area contributed by atoms with Gasteiger partial charge in [-0.3, -0.25) is 4.79 Å². The number of carbonyl (C=O) groups is 1. The molecule has 0 spiro atoms. The van der Waals surface area contributed by atoms with E-state index in [4.69, 9.17) is 11.6 Å². The van der Waals surface area contributed by atoms with E-state index >= 15 is 0 Å². The Morgan fingerprint density at radius 3 is 2.36 bits per heavy atom. The zero-order chi connectivity index (χ0) is 10.9. The lowest BCUT2D eigenvalue weighted by molar-refractivity contribution is -0.137. The summed E-state index contributed by atoms with van der Waals surface area (Å²) in [7, 11) is 0. The van der Waals surface area contributed by atoms with Gasteiger partial charge in [-0.05, 0) is 28.1 Å². The van der Waals surface area contributed by atoms with Crippen molar-refractivity contribution in [1.82, 2.24) is 0 Å². The second-order valence-electron chi connectivity index (χ2n) is 2.48. The van der Waals surface area contributed by atoms with E-state index in [9.17, 15) is 18.0 Å². The SMILES string of the molecule is O=Cc1cc(C(F)(F)F)cc(Cl)c1Br. The molecule has 1 aromatic carbocycles. The van der Waals surface area contributed by atoms with Gasteiger partial charge in [-0.2, -0.15) is 13.2 Å². The summed E-state index contributed by atoms with van der Waals surface area (Å²) < 4.78 is 36.8. The third-order valence-corrected chi connectivity index (χ3v) is 2.92. The van der Waals surface area contributed by atoms with E-state index in [1.165, 1.54) is 0 Å². The molecule has 1 aromatic rings. The van der Waals surface area contributed by atoms with E-state index in [-0.39, 0.29) is 15.1 Å². The summed E-state index contributed by atoms with van der Waals surface area (Å²) in [5.41, 5.74) is -1.06. The fourth-order valence-corrected chi connectivity index (χ4v) is 1.41. The van der Waals surface area contributed by atoms with Gasteiger partial charge in [0, 0.05) is 10.0 Å². The van der Waals surface area contributed by atoms with Crippen LogP contribution in [0.1, 0.15) is 15.9 Å². The Bertz CT molecular complexity index is 376. The number of aldehydes is 1. The molecule has 0 saturated carbocycles. The van der Waals surface area contributed by atoms with Crippen molar-refractivity contribution in [1.29, 1.82) is 0 Å². The van der Waals surface area contributed by atoms with Crippen LogP contribution in [-0.2, 0) is 6.18 Å². The molecule has 0 fully saturated rings. The molecule has 1 nitrogen and oxygen atoms in total. The van der Waals surface area contributed by atoms with Crippen LogP contribution < -0.4 is 0 Å². The summed E-state index contributed by atoms with van der Waals surface area (Å²) >= 11 is 8.41. The highest BCUT2D eigenvalue weighted by Crippen LogP contribution is 2.35. The molecule has 0 radical (unpaired) electrons. The maximum Gasteiger partial charge on any atom is 0.416 e. The van der Waals surface area contributed by atoms with Crippen molar-refractivity contribution in [2.45, 2.75) is 6.18 Å².